The van der Waals surface area contributed by atoms with Gasteiger partial charge in [-0.3, -0.25) is 9.03 Å². The van der Waals surface area contributed by atoms with E-state index in [-0.39, 0.29) is 5.32 Å². The molecule has 1 heterocycles. The molecule has 0 spiro atoms. The minimum Gasteiger partial charge on any atom is -0.424 e. The van der Waals surface area contributed by atoms with Gasteiger partial charge in [-0.2, -0.15) is 4.39 Å². The van der Waals surface area contributed by atoms with E-state index in [2.05, 4.69) is 0 Å². The average molecular weight is 290 g/mol. The highest BCUT2D eigenvalue weighted by Crippen LogP contribution is 2.04. The quantitative estimate of drug-likeness (QED) is 0.641. The van der Waals surface area contributed by atoms with Crippen molar-refractivity contribution >= 4 is 21.6 Å². The molecule has 0 saturated heterocycles. The molecule has 0 aliphatic heterocycles. The van der Waals surface area contributed by atoms with Crippen LogP contribution in [0.1, 0.15) is 0 Å². The molecule has 0 aromatic carbocycles. The Morgan fingerprint density at radius 1 is 1.06 bits per heavy atom. The number of nitrogens with zero attached hydrogens (tertiary/aromatic N) is 2. The third-order valence-electron chi connectivity index (χ3n) is 2.56. The molecule has 0 unspecified atom stereocenters. The van der Waals surface area contributed by atoms with Crippen LogP contribution < -0.4 is 16.6 Å². The summed E-state index contributed by atoms with van der Waals surface area (Å²) < 4.78 is 15.3. The van der Waals surface area contributed by atoms with E-state index in [1.54, 1.807) is 39.3 Å². The van der Waals surface area contributed by atoms with Gasteiger partial charge in [0.15, 0.2) is 8.24 Å². The molecule has 0 aliphatic carbocycles. The summed E-state index contributed by atoms with van der Waals surface area (Å²) >= 11 is 0. The number of halogens is 1. The molecule has 0 atom stereocenters. The molecule has 0 radical (unpaired) electrons. The maximum atomic E-state index is 14.1. The predicted octanol–water partition coefficient (Wildman–Crippen LogP) is 0.615. The summed E-state index contributed by atoms with van der Waals surface area (Å²) in [4.78, 5) is 24.0. The van der Waals surface area contributed by atoms with Crippen LogP contribution in [0.5, 0.6) is 0 Å². The van der Waals surface area contributed by atoms with Crippen LogP contribution in [0, 0.1) is 5.82 Å². The first-order chi connectivity index (χ1) is 7.89. The van der Waals surface area contributed by atoms with E-state index >= 15 is 0 Å². The highest BCUT2D eigenvalue weighted by molar-refractivity contribution is 6.88. The lowest BCUT2D eigenvalue weighted by molar-refractivity contribution is 0.172. The smallest absolute Gasteiger partial charge is 0.355 e. The Kier molecular flexibility index (Phi) is 3.47. The van der Waals surface area contributed by atoms with E-state index in [0.29, 0.717) is 4.73 Å². The van der Waals surface area contributed by atoms with Crippen LogP contribution in [0.4, 0.5) is 4.39 Å². The number of aromatic nitrogens is 2. The molecule has 18 heavy (non-hydrogen) atoms. The van der Waals surface area contributed by atoms with Gasteiger partial charge in [-0.25, -0.2) is 4.79 Å². The fourth-order valence-corrected chi connectivity index (χ4v) is 4.68. The van der Waals surface area contributed by atoms with Crippen molar-refractivity contribution in [2.75, 3.05) is 0 Å². The van der Waals surface area contributed by atoms with Crippen molar-refractivity contribution in [1.29, 1.82) is 0 Å². The van der Waals surface area contributed by atoms with Crippen LogP contribution in [-0.4, -0.2) is 30.5 Å². The monoisotopic (exact) mass is 290 g/mol. The normalized spacial score (nSPS) is 12.8. The van der Waals surface area contributed by atoms with Gasteiger partial charge in [0.25, 0.3) is 5.56 Å². The van der Waals surface area contributed by atoms with Crippen LogP contribution in [-0.2, 0) is 0 Å². The van der Waals surface area contributed by atoms with Gasteiger partial charge in [0, 0.05) is 0 Å². The lowest BCUT2D eigenvalue weighted by atomic mass is 10.6. The Hall–Kier alpha value is -1.16. The molecular weight excluding hydrogens is 271 g/mol. The summed E-state index contributed by atoms with van der Waals surface area (Å²) in [5.74, 6) is -1.00. The SMILES string of the molecule is C[Si](C)(C)c1c(F)c(=O)n([Si](C)(C)C)c(=O)n1O. The van der Waals surface area contributed by atoms with Gasteiger partial charge in [0.05, 0.1) is 5.32 Å². The van der Waals surface area contributed by atoms with Gasteiger partial charge in [-0.05, 0) is 0 Å². The molecule has 0 bridgehead atoms. The highest BCUT2D eigenvalue weighted by atomic mass is 28.3. The third-order valence-corrected chi connectivity index (χ3v) is 6.15. The van der Waals surface area contributed by atoms with Crippen molar-refractivity contribution in [3.05, 3.63) is 26.7 Å². The Labute approximate surface area is 107 Å². The minimum atomic E-state index is -2.38. The fourth-order valence-electron chi connectivity index (χ4n) is 1.81. The van der Waals surface area contributed by atoms with Gasteiger partial charge in [0.1, 0.15) is 8.07 Å². The van der Waals surface area contributed by atoms with Gasteiger partial charge in [-0.1, -0.05) is 39.3 Å². The standard InChI is InChI=1S/C10H19FN2O3Si2/c1-17(2,3)9-7(11)8(14)13(18(4,5)6)10(15)12(9)16/h16H,1-6H3. The number of rotatable bonds is 2. The number of hydrogen-bond acceptors (Lipinski definition) is 3. The molecule has 1 aromatic heterocycles. The first-order valence-corrected chi connectivity index (χ1v) is 12.6. The Bertz CT molecular complexity index is 556. The van der Waals surface area contributed by atoms with Crippen LogP contribution in [0.2, 0.25) is 39.3 Å². The van der Waals surface area contributed by atoms with Crippen molar-refractivity contribution in [1.82, 2.24) is 8.96 Å². The molecule has 5 nitrogen and oxygen atoms in total. The van der Waals surface area contributed by atoms with E-state index in [4.69, 9.17) is 0 Å². The van der Waals surface area contributed by atoms with Crippen molar-refractivity contribution in [2.45, 2.75) is 39.3 Å². The summed E-state index contributed by atoms with van der Waals surface area (Å²) in [6.07, 6.45) is 0. The highest BCUT2D eigenvalue weighted by Gasteiger charge is 2.33. The molecule has 1 N–H and O–H groups in total. The minimum absolute atomic E-state index is 0.146. The summed E-state index contributed by atoms with van der Waals surface area (Å²) in [5, 5.41) is 9.70. The predicted molar refractivity (Wildman–Crippen MR) is 73.8 cm³/mol. The van der Waals surface area contributed by atoms with Crippen LogP contribution in [0.25, 0.3) is 0 Å². The zero-order valence-corrected chi connectivity index (χ0v) is 13.5. The Balaban J connectivity index is 3.92. The lowest BCUT2D eigenvalue weighted by Crippen LogP contribution is -2.62. The summed E-state index contributed by atoms with van der Waals surface area (Å²) in [5.41, 5.74) is -1.75. The zero-order valence-electron chi connectivity index (χ0n) is 11.5. The van der Waals surface area contributed by atoms with Gasteiger partial charge < -0.3 is 5.21 Å². The maximum Gasteiger partial charge on any atom is 0.355 e. The van der Waals surface area contributed by atoms with E-state index in [9.17, 15) is 19.2 Å². The van der Waals surface area contributed by atoms with E-state index in [1.807, 2.05) is 0 Å². The molecule has 0 aliphatic rings. The van der Waals surface area contributed by atoms with Crippen LogP contribution in [0.15, 0.2) is 9.59 Å². The molecule has 0 amide bonds. The van der Waals surface area contributed by atoms with Crippen LogP contribution in [0.3, 0.4) is 0 Å². The topological polar surface area (TPSA) is 64.2 Å². The summed E-state index contributed by atoms with van der Waals surface area (Å²) in [6, 6.07) is 0. The Morgan fingerprint density at radius 2 is 1.50 bits per heavy atom. The van der Waals surface area contributed by atoms with E-state index < -0.39 is 33.4 Å². The second-order valence-corrected chi connectivity index (χ2v) is 16.1. The molecule has 0 fully saturated rings. The molecule has 1 aromatic rings. The Morgan fingerprint density at radius 3 is 1.83 bits per heavy atom. The second-order valence-electron chi connectivity index (χ2n) is 6.32. The first kappa shape index (κ1) is 14.9. The van der Waals surface area contributed by atoms with Gasteiger partial charge >= 0.3 is 5.69 Å². The molecule has 8 heteroatoms. The molecular formula is C10H19FN2O3Si2. The van der Waals surface area contributed by atoms with Gasteiger partial charge in [0.2, 0.25) is 5.82 Å². The zero-order chi connectivity index (χ0) is 14.5. The largest absolute Gasteiger partial charge is 0.424 e. The number of hydrogen-bond donors (Lipinski definition) is 1. The lowest BCUT2D eigenvalue weighted by Gasteiger charge is -2.24. The van der Waals surface area contributed by atoms with Crippen LogP contribution >= 0.6 is 0 Å². The first-order valence-electron chi connectivity index (χ1n) is 5.67. The average Bonchev–Trinajstić information content (AvgIpc) is 2.10. The van der Waals surface area contributed by atoms with Gasteiger partial charge in [-0.15, -0.1) is 4.73 Å². The summed E-state index contributed by atoms with van der Waals surface area (Å²) in [7, 11) is -4.71. The third kappa shape index (κ3) is 2.34. The van der Waals surface area contributed by atoms with Crippen molar-refractivity contribution < 1.29 is 9.60 Å². The van der Waals surface area contributed by atoms with E-state index in [1.165, 1.54) is 0 Å². The van der Waals surface area contributed by atoms with Crippen molar-refractivity contribution in [2.24, 2.45) is 0 Å². The molecule has 1 rings (SSSR count). The second kappa shape index (κ2) is 4.20. The van der Waals surface area contributed by atoms with E-state index in [0.717, 1.165) is 4.23 Å². The maximum absolute atomic E-state index is 14.1. The summed E-state index contributed by atoms with van der Waals surface area (Å²) in [6.45, 7) is 10.5. The van der Waals surface area contributed by atoms with Crippen molar-refractivity contribution in [3.63, 3.8) is 0 Å². The molecule has 102 valence electrons. The fraction of sp³-hybridized carbons (Fsp3) is 0.600. The van der Waals surface area contributed by atoms with Crippen molar-refractivity contribution in [3.8, 4) is 0 Å². The molecule has 0 saturated carbocycles.